The maximum Gasteiger partial charge on any atom is 0.235 e. The highest BCUT2D eigenvalue weighted by Gasteiger charge is 2.21. The normalized spacial score (nSPS) is 10.8. The molecule has 170 valence electrons. The molecule has 0 aliphatic carbocycles. The topological polar surface area (TPSA) is 67.1 Å². The van der Waals surface area contributed by atoms with Gasteiger partial charge in [0, 0.05) is 5.56 Å². The first-order valence-electron chi connectivity index (χ1n) is 10.3. The lowest BCUT2D eigenvalue weighted by Gasteiger charge is -2.15. The summed E-state index contributed by atoms with van der Waals surface area (Å²) in [5, 5.41) is 0.440. The fraction of sp³-hybridized carbons (Fsp3) is 0.192. The smallest absolute Gasteiger partial charge is 0.235 e. The van der Waals surface area contributed by atoms with Crippen molar-refractivity contribution >= 4 is 26.9 Å². The Morgan fingerprint density at radius 2 is 1.61 bits per heavy atom. The van der Waals surface area contributed by atoms with Crippen LogP contribution in [0.2, 0.25) is 0 Å². The highest BCUT2D eigenvalue weighted by molar-refractivity contribution is 9.10. The number of hydrogen-bond acceptors (Lipinski definition) is 6. The molecule has 7 heteroatoms. The zero-order chi connectivity index (χ0) is 23.4. The summed E-state index contributed by atoms with van der Waals surface area (Å²) in [6.07, 6.45) is 0. The van der Waals surface area contributed by atoms with Crippen LogP contribution in [0.3, 0.4) is 0 Å². The summed E-state index contributed by atoms with van der Waals surface area (Å²) in [6.45, 7) is 2.45. The number of para-hydroxylation sites is 1. The van der Waals surface area contributed by atoms with E-state index in [9.17, 15) is 4.79 Å². The van der Waals surface area contributed by atoms with Crippen LogP contribution >= 0.6 is 15.9 Å². The van der Waals surface area contributed by atoms with Crippen LogP contribution in [0, 0.1) is 6.92 Å². The maximum absolute atomic E-state index is 13.3. The van der Waals surface area contributed by atoms with Crippen LogP contribution < -0.4 is 24.4 Å². The van der Waals surface area contributed by atoms with E-state index in [0.717, 1.165) is 11.3 Å². The zero-order valence-corrected chi connectivity index (χ0v) is 20.1. The largest absolute Gasteiger partial charge is 0.493 e. The molecule has 0 amide bonds. The summed E-state index contributed by atoms with van der Waals surface area (Å²) in [5.41, 5.74) is 1.97. The van der Waals surface area contributed by atoms with E-state index in [1.54, 1.807) is 44.6 Å². The Kier molecular flexibility index (Phi) is 6.89. The fourth-order valence-electron chi connectivity index (χ4n) is 3.43. The molecular weight excluding hydrogens is 488 g/mol. The first-order valence-corrected chi connectivity index (χ1v) is 11.1. The Hall–Kier alpha value is -3.45. The Bertz CT molecular complexity index is 1330. The lowest BCUT2D eigenvalue weighted by atomic mass is 10.1. The van der Waals surface area contributed by atoms with Gasteiger partial charge in [0.2, 0.25) is 11.2 Å². The van der Waals surface area contributed by atoms with E-state index >= 15 is 0 Å². The predicted octanol–water partition coefficient (Wildman–Crippen LogP) is 6.01. The third-order valence-corrected chi connectivity index (χ3v) is 5.66. The molecule has 0 atom stereocenters. The van der Waals surface area contributed by atoms with Crippen LogP contribution in [0.15, 0.2) is 74.3 Å². The van der Waals surface area contributed by atoms with Gasteiger partial charge < -0.3 is 23.4 Å². The van der Waals surface area contributed by atoms with Crippen LogP contribution in [0.25, 0.3) is 22.3 Å². The van der Waals surface area contributed by atoms with E-state index in [2.05, 4.69) is 15.9 Å². The molecule has 0 saturated carbocycles. The zero-order valence-electron chi connectivity index (χ0n) is 18.5. The average Bonchev–Trinajstić information content (AvgIpc) is 2.83. The molecule has 1 heterocycles. The standard InChI is InChI=1S/C26H23BrO6/c1-16-8-10-18(11-9-16)31-12-13-32-26-23(28)19-6-4-5-7-21(19)33-24(26)17-14-20(27)25(30-3)22(15-17)29-2/h4-11,14-15H,12-13H2,1-3H3. The third kappa shape index (κ3) is 4.83. The van der Waals surface area contributed by atoms with E-state index in [-0.39, 0.29) is 24.4 Å². The van der Waals surface area contributed by atoms with Gasteiger partial charge in [-0.15, -0.1) is 0 Å². The molecule has 1 aromatic heterocycles. The molecule has 0 bridgehead atoms. The maximum atomic E-state index is 13.3. The van der Waals surface area contributed by atoms with E-state index in [1.165, 1.54) is 0 Å². The van der Waals surface area contributed by atoms with Gasteiger partial charge in [-0.1, -0.05) is 29.8 Å². The average molecular weight is 511 g/mol. The first-order chi connectivity index (χ1) is 16.0. The summed E-state index contributed by atoms with van der Waals surface area (Å²) >= 11 is 3.50. The predicted molar refractivity (Wildman–Crippen MR) is 131 cm³/mol. The second-order valence-corrected chi connectivity index (χ2v) is 8.14. The molecule has 0 N–H and O–H groups in total. The number of hydrogen-bond donors (Lipinski definition) is 0. The third-order valence-electron chi connectivity index (χ3n) is 5.07. The SMILES string of the molecule is COc1cc(-c2oc3ccccc3c(=O)c2OCCOc2ccc(C)cc2)cc(Br)c1OC. The van der Waals surface area contributed by atoms with Crippen molar-refractivity contribution < 1.29 is 23.4 Å². The van der Waals surface area contributed by atoms with Gasteiger partial charge in [-0.25, -0.2) is 0 Å². The second kappa shape index (κ2) is 10.0. The molecule has 33 heavy (non-hydrogen) atoms. The molecule has 6 nitrogen and oxygen atoms in total. The van der Waals surface area contributed by atoms with Gasteiger partial charge in [-0.2, -0.15) is 0 Å². The summed E-state index contributed by atoms with van der Waals surface area (Å²) in [4.78, 5) is 13.3. The minimum absolute atomic E-state index is 0.111. The van der Waals surface area contributed by atoms with E-state index in [4.69, 9.17) is 23.4 Å². The van der Waals surface area contributed by atoms with Crippen LogP contribution in [0.1, 0.15) is 5.56 Å². The second-order valence-electron chi connectivity index (χ2n) is 7.29. The van der Waals surface area contributed by atoms with Gasteiger partial charge in [-0.05, 0) is 59.3 Å². The van der Waals surface area contributed by atoms with Crippen molar-refractivity contribution in [2.75, 3.05) is 27.4 Å². The number of ether oxygens (including phenoxy) is 4. The molecule has 0 spiro atoms. The molecule has 0 aliphatic rings. The van der Waals surface area contributed by atoms with Crippen molar-refractivity contribution in [3.63, 3.8) is 0 Å². The monoisotopic (exact) mass is 510 g/mol. The number of halogens is 1. The number of aryl methyl sites for hydroxylation is 1. The summed E-state index contributed by atoms with van der Waals surface area (Å²) in [5.74, 6) is 2.18. The van der Waals surface area contributed by atoms with Gasteiger partial charge in [0.15, 0.2) is 17.3 Å². The minimum atomic E-state index is -0.256. The van der Waals surface area contributed by atoms with Gasteiger partial charge in [0.25, 0.3) is 0 Å². The van der Waals surface area contributed by atoms with Crippen molar-refractivity contribution in [1.82, 2.24) is 0 Å². The first kappa shape index (κ1) is 22.7. The Balaban J connectivity index is 1.70. The molecule has 3 aromatic carbocycles. The highest BCUT2D eigenvalue weighted by Crippen LogP contribution is 2.41. The van der Waals surface area contributed by atoms with E-state index in [0.29, 0.717) is 38.3 Å². The highest BCUT2D eigenvalue weighted by atomic mass is 79.9. The Labute approximate surface area is 199 Å². The van der Waals surface area contributed by atoms with Crippen LogP contribution in [0.5, 0.6) is 23.0 Å². The van der Waals surface area contributed by atoms with Gasteiger partial charge in [0.05, 0.1) is 24.1 Å². The molecule has 4 aromatic rings. The van der Waals surface area contributed by atoms with Crippen LogP contribution in [-0.2, 0) is 0 Å². The number of rotatable bonds is 8. The minimum Gasteiger partial charge on any atom is -0.493 e. The number of benzene rings is 3. The van der Waals surface area contributed by atoms with Crippen molar-refractivity contribution in [1.29, 1.82) is 0 Å². The van der Waals surface area contributed by atoms with Gasteiger partial charge >= 0.3 is 0 Å². The molecule has 0 fully saturated rings. The quantitative estimate of drug-likeness (QED) is 0.270. The Morgan fingerprint density at radius 1 is 0.879 bits per heavy atom. The van der Waals surface area contributed by atoms with E-state index < -0.39 is 0 Å². The molecular formula is C26H23BrO6. The fourth-order valence-corrected chi connectivity index (χ4v) is 4.04. The van der Waals surface area contributed by atoms with Crippen molar-refractivity contribution in [3.05, 3.63) is 80.9 Å². The van der Waals surface area contributed by atoms with Crippen molar-refractivity contribution in [2.24, 2.45) is 0 Å². The lowest BCUT2D eigenvalue weighted by molar-refractivity contribution is 0.214. The summed E-state index contributed by atoms with van der Waals surface area (Å²) < 4.78 is 29.3. The van der Waals surface area contributed by atoms with Crippen molar-refractivity contribution in [3.8, 4) is 34.3 Å². The Morgan fingerprint density at radius 3 is 2.33 bits per heavy atom. The summed E-state index contributed by atoms with van der Waals surface area (Å²) in [6, 6.07) is 18.3. The van der Waals surface area contributed by atoms with E-state index in [1.807, 2.05) is 37.3 Å². The van der Waals surface area contributed by atoms with Crippen molar-refractivity contribution in [2.45, 2.75) is 6.92 Å². The van der Waals surface area contributed by atoms with Crippen LogP contribution in [0.4, 0.5) is 0 Å². The van der Waals surface area contributed by atoms with Gasteiger partial charge in [0.1, 0.15) is 24.5 Å². The number of fused-ring (bicyclic) bond motifs is 1. The number of methoxy groups -OCH3 is 2. The molecule has 4 rings (SSSR count). The molecule has 0 radical (unpaired) electrons. The lowest BCUT2D eigenvalue weighted by Crippen LogP contribution is -2.15. The summed E-state index contributed by atoms with van der Waals surface area (Å²) in [7, 11) is 3.10. The molecule has 0 aliphatic heterocycles. The molecule has 0 saturated heterocycles. The van der Waals surface area contributed by atoms with Gasteiger partial charge in [-0.3, -0.25) is 4.79 Å². The van der Waals surface area contributed by atoms with Crippen LogP contribution in [-0.4, -0.2) is 27.4 Å². The molecule has 0 unspecified atom stereocenters.